The third kappa shape index (κ3) is 3.83. The van der Waals surface area contributed by atoms with Crippen molar-refractivity contribution in [2.24, 2.45) is 5.41 Å². The zero-order valence-electron chi connectivity index (χ0n) is 17.2. The quantitative estimate of drug-likeness (QED) is 0.776. The Bertz CT molecular complexity index is 688. The summed E-state index contributed by atoms with van der Waals surface area (Å²) in [5.74, 6) is 0.618. The molecule has 2 amide bonds. The third-order valence-corrected chi connectivity index (χ3v) is 7.50. The number of likely N-dealkylation sites (tertiary alicyclic amines) is 2. The molecule has 1 spiro atoms. The van der Waals surface area contributed by atoms with E-state index < -0.39 is 0 Å². The lowest BCUT2D eigenvalue weighted by molar-refractivity contribution is -0.145. The van der Waals surface area contributed by atoms with E-state index in [1.807, 2.05) is 18.2 Å². The summed E-state index contributed by atoms with van der Waals surface area (Å²) in [5.41, 5.74) is 1.37. The van der Waals surface area contributed by atoms with Crippen molar-refractivity contribution >= 4 is 11.8 Å². The molecule has 0 unspecified atom stereocenters. The molecule has 4 heteroatoms. The number of carbonyl (C=O) groups excluding carboxylic acids is 2. The molecule has 0 radical (unpaired) electrons. The predicted molar refractivity (Wildman–Crippen MR) is 111 cm³/mol. The first kappa shape index (κ1) is 19.5. The highest BCUT2D eigenvalue weighted by atomic mass is 16.2. The van der Waals surface area contributed by atoms with Gasteiger partial charge in [0.1, 0.15) is 0 Å². The molecule has 1 aliphatic carbocycles. The maximum absolute atomic E-state index is 13.2. The van der Waals surface area contributed by atoms with E-state index >= 15 is 0 Å². The minimum absolute atomic E-state index is 0.0295. The fraction of sp³-hybridized carbons (Fsp3) is 0.667. The summed E-state index contributed by atoms with van der Waals surface area (Å²) in [6.45, 7) is 4.71. The van der Waals surface area contributed by atoms with Crippen molar-refractivity contribution in [2.75, 3.05) is 19.6 Å². The normalized spacial score (nSPS) is 24.0. The lowest BCUT2D eigenvalue weighted by Gasteiger charge is -2.49. The van der Waals surface area contributed by atoms with Crippen LogP contribution in [0.4, 0.5) is 0 Å². The molecule has 0 N–H and O–H groups in total. The maximum Gasteiger partial charge on any atom is 0.230 e. The molecule has 1 saturated carbocycles. The highest BCUT2D eigenvalue weighted by Crippen LogP contribution is 2.42. The summed E-state index contributed by atoms with van der Waals surface area (Å²) in [6.07, 6.45) is 9.53. The molecule has 2 aliphatic heterocycles. The minimum Gasteiger partial charge on any atom is -0.342 e. The van der Waals surface area contributed by atoms with Crippen molar-refractivity contribution in [3.63, 3.8) is 0 Å². The van der Waals surface area contributed by atoms with Crippen molar-refractivity contribution in [1.29, 1.82) is 0 Å². The van der Waals surface area contributed by atoms with Gasteiger partial charge in [0.2, 0.25) is 11.8 Å². The molecule has 4 rings (SSSR count). The van der Waals surface area contributed by atoms with E-state index in [1.165, 1.54) is 25.7 Å². The Morgan fingerprint density at radius 3 is 2.43 bits per heavy atom. The molecule has 152 valence electrons. The lowest BCUT2D eigenvalue weighted by Crippen LogP contribution is -2.54. The molecule has 0 aromatic heterocycles. The van der Waals surface area contributed by atoms with Crippen LogP contribution in [0.25, 0.3) is 0 Å². The van der Waals surface area contributed by atoms with Crippen molar-refractivity contribution in [1.82, 2.24) is 9.80 Å². The predicted octanol–water partition coefficient (Wildman–Crippen LogP) is 4.35. The average molecular weight is 383 g/mol. The summed E-state index contributed by atoms with van der Waals surface area (Å²) in [5, 5.41) is 0. The van der Waals surface area contributed by atoms with E-state index in [2.05, 4.69) is 28.9 Å². The van der Waals surface area contributed by atoms with Gasteiger partial charge in [0.15, 0.2) is 0 Å². The van der Waals surface area contributed by atoms with Crippen LogP contribution in [0.3, 0.4) is 0 Å². The first-order valence-electron chi connectivity index (χ1n) is 11.2. The van der Waals surface area contributed by atoms with E-state index in [1.54, 1.807) is 0 Å². The highest BCUT2D eigenvalue weighted by Gasteiger charge is 2.44. The smallest absolute Gasteiger partial charge is 0.230 e. The molecule has 1 atom stereocenters. The second-order valence-electron chi connectivity index (χ2n) is 9.16. The Labute approximate surface area is 169 Å². The summed E-state index contributed by atoms with van der Waals surface area (Å²) >= 11 is 0. The minimum atomic E-state index is -0.0295. The summed E-state index contributed by atoms with van der Waals surface area (Å²) < 4.78 is 0. The Balaban J connectivity index is 1.39. The van der Waals surface area contributed by atoms with Gasteiger partial charge in [0.25, 0.3) is 0 Å². The molecule has 1 aromatic rings. The molecule has 1 aromatic carbocycles. The second-order valence-corrected chi connectivity index (χ2v) is 9.16. The van der Waals surface area contributed by atoms with Gasteiger partial charge in [-0.15, -0.1) is 0 Å². The zero-order valence-corrected chi connectivity index (χ0v) is 17.2. The van der Waals surface area contributed by atoms with Gasteiger partial charge < -0.3 is 9.80 Å². The number of hydrogen-bond donors (Lipinski definition) is 0. The average Bonchev–Trinajstić information content (AvgIpc) is 3.27. The fourth-order valence-electron chi connectivity index (χ4n) is 5.66. The Morgan fingerprint density at radius 1 is 1.11 bits per heavy atom. The maximum atomic E-state index is 13.2. The molecule has 0 bridgehead atoms. The van der Waals surface area contributed by atoms with E-state index in [-0.39, 0.29) is 17.2 Å². The van der Waals surface area contributed by atoms with Crippen LogP contribution in [0, 0.1) is 5.41 Å². The van der Waals surface area contributed by atoms with Gasteiger partial charge in [0.05, 0.1) is 5.92 Å². The van der Waals surface area contributed by atoms with E-state index in [0.29, 0.717) is 18.4 Å². The van der Waals surface area contributed by atoms with Crippen LogP contribution in [0.15, 0.2) is 30.3 Å². The summed E-state index contributed by atoms with van der Waals surface area (Å²) in [7, 11) is 0. The third-order valence-electron chi connectivity index (χ3n) is 7.50. The van der Waals surface area contributed by atoms with Crippen LogP contribution in [0.2, 0.25) is 0 Å². The van der Waals surface area contributed by atoms with Gasteiger partial charge in [-0.3, -0.25) is 9.59 Å². The van der Waals surface area contributed by atoms with Crippen molar-refractivity contribution in [3.8, 4) is 0 Å². The number of hydrogen-bond acceptors (Lipinski definition) is 2. The van der Waals surface area contributed by atoms with Crippen molar-refractivity contribution < 1.29 is 9.59 Å². The second kappa shape index (κ2) is 8.26. The topological polar surface area (TPSA) is 40.6 Å². The van der Waals surface area contributed by atoms with Crippen LogP contribution in [-0.4, -0.2) is 47.3 Å². The molecule has 4 nitrogen and oxygen atoms in total. The number of amides is 2. The number of nitrogens with zero attached hydrogens (tertiary/aromatic N) is 2. The summed E-state index contributed by atoms with van der Waals surface area (Å²) in [6, 6.07) is 10.7. The zero-order chi connectivity index (χ0) is 19.6. The number of carbonyl (C=O) groups is 2. The van der Waals surface area contributed by atoms with Crippen LogP contribution in [0.5, 0.6) is 0 Å². The molecular weight excluding hydrogens is 348 g/mol. The molecule has 2 heterocycles. The van der Waals surface area contributed by atoms with Gasteiger partial charge in [-0.25, -0.2) is 0 Å². The largest absolute Gasteiger partial charge is 0.342 e. The van der Waals surface area contributed by atoms with Crippen molar-refractivity contribution in [3.05, 3.63) is 35.9 Å². The van der Waals surface area contributed by atoms with Crippen LogP contribution >= 0.6 is 0 Å². The highest BCUT2D eigenvalue weighted by molar-refractivity contribution is 5.84. The number of piperidine rings is 2. The van der Waals surface area contributed by atoms with Crippen molar-refractivity contribution in [2.45, 2.75) is 76.7 Å². The van der Waals surface area contributed by atoms with Gasteiger partial charge in [-0.2, -0.15) is 0 Å². The first-order chi connectivity index (χ1) is 13.6. The number of rotatable bonds is 4. The van der Waals surface area contributed by atoms with E-state index in [0.717, 1.165) is 50.9 Å². The van der Waals surface area contributed by atoms with Gasteiger partial charge in [-0.05, 0) is 49.5 Å². The molecule has 28 heavy (non-hydrogen) atoms. The van der Waals surface area contributed by atoms with Gasteiger partial charge in [-0.1, -0.05) is 50.1 Å². The molecule has 3 aliphatic rings. The Hall–Kier alpha value is -1.84. The number of benzene rings is 1. The Kier molecular flexibility index (Phi) is 5.75. The standard InChI is InChI=1S/C24H34N2O2/c1-2-21(19-8-4-3-5-9-19)23(28)25-16-14-24(15-17-25)13-12-22(27)26(18-24)20-10-6-7-11-20/h3-5,8-9,20-21H,2,6-7,10-18H2,1H3/t21-/m1/s1. The van der Waals surface area contributed by atoms with Crippen LogP contribution in [-0.2, 0) is 9.59 Å². The SMILES string of the molecule is CC[C@@H](C(=O)N1CCC2(CCC(=O)N(C3CCCC3)C2)CC1)c1ccccc1. The van der Waals surface area contributed by atoms with Gasteiger partial charge in [0, 0.05) is 32.1 Å². The monoisotopic (exact) mass is 382 g/mol. The molecule has 2 saturated heterocycles. The molecular formula is C24H34N2O2. The molecule has 3 fully saturated rings. The van der Waals surface area contributed by atoms with E-state index in [4.69, 9.17) is 0 Å². The lowest BCUT2D eigenvalue weighted by atomic mass is 9.71. The summed E-state index contributed by atoms with van der Waals surface area (Å²) in [4.78, 5) is 30.0. The van der Waals surface area contributed by atoms with Crippen LogP contribution < -0.4 is 0 Å². The first-order valence-corrected chi connectivity index (χ1v) is 11.2. The van der Waals surface area contributed by atoms with Crippen LogP contribution in [0.1, 0.15) is 76.2 Å². The van der Waals surface area contributed by atoms with E-state index in [9.17, 15) is 9.59 Å². The Morgan fingerprint density at radius 2 is 1.79 bits per heavy atom. The fourth-order valence-corrected chi connectivity index (χ4v) is 5.66. The van der Waals surface area contributed by atoms with Gasteiger partial charge >= 0.3 is 0 Å².